The van der Waals surface area contributed by atoms with E-state index >= 15 is 0 Å². The van der Waals surface area contributed by atoms with Gasteiger partial charge < -0.3 is 9.47 Å². The maximum atomic E-state index is 13.7. The van der Waals surface area contributed by atoms with Gasteiger partial charge in [-0.15, -0.1) is 0 Å². The Bertz CT molecular complexity index is 2770. The Morgan fingerprint density at radius 2 is 0.860 bits per heavy atom. The van der Waals surface area contributed by atoms with Crippen molar-refractivity contribution in [2.45, 2.75) is 32.6 Å². The summed E-state index contributed by atoms with van der Waals surface area (Å²) in [4.78, 5) is 80.0. The minimum atomic E-state index is -0.553. The lowest BCUT2D eigenvalue weighted by atomic mass is 9.78. The van der Waals surface area contributed by atoms with Crippen molar-refractivity contribution in [2.24, 2.45) is 0 Å². The topological polar surface area (TPSA) is 127 Å². The average molecular weight is 753 g/mol. The highest BCUT2D eigenvalue weighted by Gasteiger charge is 2.40. The average Bonchev–Trinajstić information content (AvgIpc) is 3.73. The molecule has 0 saturated heterocycles. The highest BCUT2D eigenvalue weighted by molar-refractivity contribution is 6.36. The number of rotatable bonds is 8. The fourth-order valence-corrected chi connectivity index (χ4v) is 7.59. The van der Waals surface area contributed by atoms with Crippen molar-refractivity contribution in [3.8, 4) is 23.0 Å². The molecule has 10 heteroatoms. The Kier molecular flexibility index (Phi) is 8.10. The van der Waals surface area contributed by atoms with Crippen LogP contribution in [0, 0.1) is 6.92 Å². The Labute approximate surface area is 326 Å². The second kappa shape index (κ2) is 13.1. The number of hydrogen-bond acceptors (Lipinski definition) is 8. The van der Waals surface area contributed by atoms with Gasteiger partial charge in [0.15, 0.2) is 11.6 Å². The maximum absolute atomic E-state index is 13.7. The van der Waals surface area contributed by atoms with Gasteiger partial charge in [-0.05, 0) is 109 Å². The molecule has 6 aromatic carbocycles. The van der Waals surface area contributed by atoms with Gasteiger partial charge in [0.2, 0.25) is 0 Å². The smallest absolute Gasteiger partial charge is 0.266 e. The number of aryl methyl sites for hydroxylation is 1. The lowest BCUT2D eigenvalue weighted by molar-refractivity contribution is 0.0907. The van der Waals surface area contributed by atoms with Gasteiger partial charge in [0, 0.05) is 16.5 Å². The van der Waals surface area contributed by atoms with Crippen LogP contribution >= 0.6 is 0 Å². The normalized spacial score (nSPS) is 14.6. The van der Waals surface area contributed by atoms with E-state index in [-0.39, 0.29) is 40.5 Å². The van der Waals surface area contributed by atoms with Crippen molar-refractivity contribution in [1.82, 2.24) is 0 Å². The number of ether oxygens (including phenoxy) is 2. The van der Waals surface area contributed by atoms with E-state index in [0.29, 0.717) is 45.3 Å². The Balaban J connectivity index is 0.881. The maximum Gasteiger partial charge on any atom is 0.266 e. The van der Waals surface area contributed by atoms with Crippen molar-refractivity contribution in [1.29, 1.82) is 0 Å². The van der Waals surface area contributed by atoms with Crippen LogP contribution in [0.15, 0.2) is 127 Å². The zero-order valence-corrected chi connectivity index (χ0v) is 31.0. The highest BCUT2D eigenvalue weighted by atomic mass is 16.5. The second-order valence-corrected chi connectivity index (χ2v) is 14.8. The standard InChI is InChI=1S/C47H32N2O8/c1-26-7-18-36-39(21-26)45(54)48(43(36)52)29-5-4-6-30(22-29)49-44(53)37-20-17-34(24-40(37)46(49)55)57-32-14-10-28(11-15-32)47(2,3)27-8-12-31(13-9-27)56-33-16-19-35-38(23-33)42(51)25-41(35)50/h4-24H,25H2,1-3H3. The van der Waals surface area contributed by atoms with Gasteiger partial charge in [-0.2, -0.15) is 0 Å². The van der Waals surface area contributed by atoms with Crippen LogP contribution in [-0.2, 0) is 5.41 Å². The molecule has 0 spiro atoms. The SMILES string of the molecule is Cc1ccc2c(c1)C(=O)N(c1cccc(N3C(=O)c4ccc(Oc5ccc(C(C)(C)c6ccc(Oc7ccc8c(c7)C(=O)CC8=O)cc6)cc5)cc4C3=O)c1)C2=O. The number of fused-ring (bicyclic) bond motifs is 3. The third-order valence-corrected chi connectivity index (χ3v) is 10.8. The number of Topliss-reactive ketones (excluding diaryl/α,β-unsaturated/α-hetero) is 2. The molecule has 0 saturated carbocycles. The number of ketones is 2. The summed E-state index contributed by atoms with van der Waals surface area (Å²) >= 11 is 0. The van der Waals surface area contributed by atoms with E-state index in [9.17, 15) is 28.8 Å². The number of anilines is 2. The molecule has 10 nitrogen and oxygen atoms in total. The van der Waals surface area contributed by atoms with E-state index in [1.807, 2.05) is 55.5 Å². The Morgan fingerprint density at radius 1 is 0.439 bits per heavy atom. The zero-order chi connectivity index (χ0) is 39.7. The number of imide groups is 2. The van der Waals surface area contributed by atoms with Crippen LogP contribution in [0.1, 0.15) is 99.1 Å². The van der Waals surface area contributed by atoms with Gasteiger partial charge in [0.1, 0.15) is 23.0 Å². The van der Waals surface area contributed by atoms with Crippen molar-refractivity contribution < 1.29 is 38.2 Å². The number of carbonyl (C=O) groups excluding carboxylic acids is 6. The molecule has 278 valence electrons. The summed E-state index contributed by atoms with van der Waals surface area (Å²) in [6.45, 7) is 6.05. The lowest BCUT2D eigenvalue weighted by Gasteiger charge is -2.26. The van der Waals surface area contributed by atoms with E-state index in [4.69, 9.17) is 9.47 Å². The third-order valence-electron chi connectivity index (χ3n) is 10.8. The van der Waals surface area contributed by atoms with Crippen LogP contribution < -0.4 is 19.3 Å². The highest BCUT2D eigenvalue weighted by Crippen LogP contribution is 2.38. The largest absolute Gasteiger partial charge is 0.457 e. The van der Waals surface area contributed by atoms with Crippen LogP contribution in [-0.4, -0.2) is 35.2 Å². The van der Waals surface area contributed by atoms with Crippen LogP contribution in [0.5, 0.6) is 23.0 Å². The van der Waals surface area contributed by atoms with Crippen LogP contribution in [0.3, 0.4) is 0 Å². The minimum absolute atomic E-state index is 0.101. The molecule has 0 atom stereocenters. The molecule has 2 heterocycles. The van der Waals surface area contributed by atoms with Crippen LogP contribution in [0.2, 0.25) is 0 Å². The fraction of sp³-hybridized carbons (Fsp3) is 0.106. The third kappa shape index (κ3) is 5.90. The number of amides is 4. The Morgan fingerprint density at radius 3 is 1.40 bits per heavy atom. The fourth-order valence-electron chi connectivity index (χ4n) is 7.59. The molecular weight excluding hydrogens is 721 g/mol. The number of hydrogen-bond donors (Lipinski definition) is 0. The first kappa shape index (κ1) is 35.3. The summed E-state index contributed by atoms with van der Waals surface area (Å²) in [6, 6.07) is 36.3. The molecule has 6 aromatic rings. The molecule has 0 fully saturated rings. The predicted molar refractivity (Wildman–Crippen MR) is 211 cm³/mol. The lowest BCUT2D eigenvalue weighted by Crippen LogP contribution is -2.31. The van der Waals surface area contributed by atoms with Crippen molar-refractivity contribution in [2.75, 3.05) is 9.80 Å². The van der Waals surface area contributed by atoms with E-state index in [1.165, 1.54) is 12.1 Å². The molecule has 0 bridgehead atoms. The summed E-state index contributed by atoms with van der Waals surface area (Å²) in [5.41, 5.74) is 4.81. The predicted octanol–water partition coefficient (Wildman–Crippen LogP) is 9.28. The molecule has 4 amide bonds. The molecule has 9 rings (SSSR count). The van der Waals surface area contributed by atoms with Crippen molar-refractivity contribution in [3.05, 3.63) is 177 Å². The van der Waals surface area contributed by atoms with Crippen LogP contribution in [0.4, 0.5) is 11.4 Å². The molecule has 2 aliphatic heterocycles. The summed E-state index contributed by atoms with van der Waals surface area (Å²) in [5, 5.41) is 0. The molecule has 3 aliphatic rings. The number of carbonyl (C=O) groups is 6. The van der Waals surface area contributed by atoms with Gasteiger partial charge in [0.05, 0.1) is 40.0 Å². The van der Waals surface area contributed by atoms with Gasteiger partial charge in [-0.1, -0.05) is 55.8 Å². The first-order valence-corrected chi connectivity index (χ1v) is 18.3. The van der Waals surface area contributed by atoms with E-state index < -0.39 is 29.0 Å². The number of benzene rings is 6. The molecule has 0 N–H and O–H groups in total. The molecule has 57 heavy (non-hydrogen) atoms. The second-order valence-electron chi connectivity index (χ2n) is 14.8. The van der Waals surface area contributed by atoms with Gasteiger partial charge >= 0.3 is 0 Å². The first-order chi connectivity index (χ1) is 27.4. The van der Waals surface area contributed by atoms with E-state index in [2.05, 4.69) is 13.8 Å². The zero-order valence-electron chi connectivity index (χ0n) is 31.0. The summed E-state index contributed by atoms with van der Waals surface area (Å²) in [7, 11) is 0. The molecule has 1 aliphatic carbocycles. The van der Waals surface area contributed by atoms with Gasteiger partial charge in [-0.3, -0.25) is 28.8 Å². The molecule has 0 radical (unpaired) electrons. The summed E-state index contributed by atoms with van der Waals surface area (Å²) in [6.07, 6.45) is -0.101. The molecule has 0 aromatic heterocycles. The monoisotopic (exact) mass is 752 g/mol. The summed E-state index contributed by atoms with van der Waals surface area (Å²) in [5.74, 6) is -0.401. The molecule has 0 unspecified atom stereocenters. The Hall–Kier alpha value is -7.46. The van der Waals surface area contributed by atoms with Crippen LogP contribution in [0.25, 0.3) is 0 Å². The van der Waals surface area contributed by atoms with E-state index in [1.54, 1.807) is 66.7 Å². The minimum Gasteiger partial charge on any atom is -0.457 e. The first-order valence-electron chi connectivity index (χ1n) is 18.3. The quantitative estimate of drug-likeness (QED) is 0.111. The van der Waals surface area contributed by atoms with Gasteiger partial charge in [-0.25, -0.2) is 9.80 Å². The van der Waals surface area contributed by atoms with E-state index in [0.717, 1.165) is 26.5 Å². The number of nitrogens with zero attached hydrogens (tertiary/aromatic N) is 2. The van der Waals surface area contributed by atoms with Gasteiger partial charge in [0.25, 0.3) is 23.6 Å². The molecular formula is C47H32N2O8. The van der Waals surface area contributed by atoms with Crippen molar-refractivity contribution in [3.63, 3.8) is 0 Å². The summed E-state index contributed by atoms with van der Waals surface area (Å²) < 4.78 is 12.1. The van der Waals surface area contributed by atoms with Crippen molar-refractivity contribution >= 4 is 46.6 Å².